The van der Waals surface area contributed by atoms with Gasteiger partial charge in [0.1, 0.15) is 13.2 Å². The number of alkyl carbamates (subject to hydrolysis) is 1. The fourth-order valence-corrected chi connectivity index (χ4v) is 5.34. The van der Waals surface area contributed by atoms with Crippen LogP contribution in [0.15, 0.2) is 48.5 Å². The van der Waals surface area contributed by atoms with Crippen molar-refractivity contribution in [2.75, 3.05) is 19.7 Å². The Bertz CT molecular complexity index is 1000. The lowest BCUT2D eigenvalue weighted by Crippen LogP contribution is -2.42. The van der Waals surface area contributed by atoms with Gasteiger partial charge in [-0.05, 0) is 47.9 Å². The summed E-state index contributed by atoms with van der Waals surface area (Å²) in [5, 5.41) is 12.0. The summed E-state index contributed by atoms with van der Waals surface area (Å²) in [6.07, 6.45) is 5.98. The summed E-state index contributed by atoms with van der Waals surface area (Å²) in [5.41, 5.74) is 4.75. The molecule has 0 aliphatic heterocycles. The van der Waals surface area contributed by atoms with Crippen molar-refractivity contribution in [2.45, 2.75) is 63.3 Å². The van der Waals surface area contributed by atoms with Crippen LogP contribution in [0.25, 0.3) is 11.1 Å². The van der Waals surface area contributed by atoms with Crippen molar-refractivity contribution in [1.82, 2.24) is 10.2 Å². The smallest absolute Gasteiger partial charge is 0.407 e. The maximum absolute atomic E-state index is 12.6. The molecule has 0 unspecified atom stereocenters. The monoisotopic (exact) mass is 478 g/mol. The van der Waals surface area contributed by atoms with Gasteiger partial charge in [-0.15, -0.1) is 0 Å². The van der Waals surface area contributed by atoms with Gasteiger partial charge in [-0.1, -0.05) is 67.8 Å². The minimum atomic E-state index is -0.961. The molecule has 2 aromatic carbocycles. The van der Waals surface area contributed by atoms with Gasteiger partial charge < -0.3 is 20.1 Å². The summed E-state index contributed by atoms with van der Waals surface area (Å²) in [5.74, 6) is -1.01. The van der Waals surface area contributed by atoms with E-state index in [1.807, 2.05) is 24.3 Å². The largest absolute Gasteiger partial charge is 0.480 e. The average Bonchev–Trinajstić information content (AvgIpc) is 3.50. The number of nitrogens with zero attached hydrogens (tertiary/aromatic N) is 1. The Labute approximate surface area is 206 Å². The quantitative estimate of drug-likeness (QED) is 0.446. The van der Waals surface area contributed by atoms with Crippen molar-refractivity contribution >= 4 is 18.0 Å². The molecule has 0 aromatic heterocycles. The van der Waals surface area contributed by atoms with Gasteiger partial charge >= 0.3 is 12.1 Å². The van der Waals surface area contributed by atoms with E-state index < -0.39 is 12.1 Å². The summed E-state index contributed by atoms with van der Waals surface area (Å²) in [6.45, 7) is 0.550. The number of nitrogens with one attached hydrogen (secondary N) is 1. The Balaban J connectivity index is 1.15. The SMILES string of the molecule is O=C(O)CN(C(=O)CCCCCNC(=O)OCC1c2ccccc2-c2ccccc21)C1CCCC1. The van der Waals surface area contributed by atoms with Crippen LogP contribution >= 0.6 is 0 Å². The molecule has 7 nitrogen and oxygen atoms in total. The van der Waals surface area contributed by atoms with Crippen LogP contribution in [0.3, 0.4) is 0 Å². The summed E-state index contributed by atoms with van der Waals surface area (Å²) in [7, 11) is 0. The van der Waals surface area contributed by atoms with E-state index in [1.54, 1.807) is 4.90 Å². The number of carboxylic acids is 1. The van der Waals surface area contributed by atoms with E-state index in [2.05, 4.69) is 29.6 Å². The fraction of sp³-hybridized carbons (Fsp3) is 0.464. The van der Waals surface area contributed by atoms with Crippen LogP contribution in [-0.4, -0.2) is 53.7 Å². The van der Waals surface area contributed by atoms with Gasteiger partial charge in [-0.2, -0.15) is 0 Å². The molecular weight excluding hydrogens is 444 g/mol. The first-order valence-corrected chi connectivity index (χ1v) is 12.6. The first-order chi connectivity index (χ1) is 17.0. The molecule has 0 bridgehead atoms. The van der Waals surface area contributed by atoms with Crippen LogP contribution in [0.1, 0.15) is 68.4 Å². The second-order valence-corrected chi connectivity index (χ2v) is 9.42. The standard InChI is InChI=1S/C28H34N2O5/c31-26(30(18-27(32)33)20-10-3-4-11-20)16-2-1-9-17-29-28(34)35-19-25-23-14-7-5-12-21(23)22-13-6-8-15-24(22)25/h5-8,12-15,20,25H,1-4,9-11,16-19H2,(H,29,34)(H,32,33). The van der Waals surface area contributed by atoms with Crippen LogP contribution in [0, 0.1) is 0 Å². The van der Waals surface area contributed by atoms with Crippen LogP contribution in [-0.2, 0) is 14.3 Å². The van der Waals surface area contributed by atoms with Crippen LogP contribution < -0.4 is 5.32 Å². The van der Waals surface area contributed by atoms with Crippen molar-refractivity contribution < 1.29 is 24.2 Å². The molecule has 2 aliphatic rings. The minimum absolute atomic E-state index is 0.0350. The van der Waals surface area contributed by atoms with Crippen LogP contribution in [0.4, 0.5) is 4.79 Å². The predicted octanol–water partition coefficient (Wildman–Crippen LogP) is 4.94. The molecule has 0 spiro atoms. The van der Waals surface area contributed by atoms with E-state index in [9.17, 15) is 14.4 Å². The Morgan fingerprint density at radius 3 is 2.17 bits per heavy atom. The fourth-order valence-electron chi connectivity index (χ4n) is 5.34. The zero-order valence-corrected chi connectivity index (χ0v) is 20.1. The first kappa shape index (κ1) is 24.8. The Hall–Kier alpha value is -3.35. The summed E-state index contributed by atoms with van der Waals surface area (Å²) in [6, 6.07) is 16.5. The molecule has 0 radical (unpaired) electrons. The number of fused-ring (bicyclic) bond motifs is 3. The molecule has 1 saturated carbocycles. The number of ether oxygens (including phenoxy) is 1. The third-order valence-corrected chi connectivity index (χ3v) is 7.07. The van der Waals surface area contributed by atoms with E-state index in [-0.39, 0.29) is 31.0 Å². The lowest BCUT2D eigenvalue weighted by Gasteiger charge is -2.27. The molecule has 7 heteroatoms. The maximum atomic E-state index is 12.6. The van der Waals surface area contributed by atoms with Crippen molar-refractivity contribution in [3.8, 4) is 11.1 Å². The highest BCUT2D eigenvalue weighted by Gasteiger charge is 2.29. The Kier molecular flexibility index (Phi) is 8.40. The first-order valence-electron chi connectivity index (χ1n) is 12.6. The minimum Gasteiger partial charge on any atom is -0.480 e. The van der Waals surface area contributed by atoms with Gasteiger partial charge in [0.25, 0.3) is 0 Å². The zero-order chi connectivity index (χ0) is 24.6. The molecule has 2 N–H and O–H groups in total. The number of carboxylic acid groups (broad SMARTS) is 1. The van der Waals surface area contributed by atoms with Gasteiger partial charge in [0.05, 0.1) is 0 Å². The van der Waals surface area contributed by atoms with Crippen LogP contribution in [0.5, 0.6) is 0 Å². The highest BCUT2D eigenvalue weighted by molar-refractivity contribution is 5.81. The van der Waals surface area contributed by atoms with Crippen molar-refractivity contribution in [3.05, 3.63) is 59.7 Å². The van der Waals surface area contributed by atoms with Gasteiger partial charge in [0, 0.05) is 24.9 Å². The summed E-state index contributed by atoms with van der Waals surface area (Å²) in [4.78, 5) is 37.5. The van der Waals surface area contributed by atoms with E-state index in [4.69, 9.17) is 9.84 Å². The molecule has 2 aliphatic carbocycles. The maximum Gasteiger partial charge on any atom is 0.407 e. The molecule has 186 valence electrons. The third-order valence-electron chi connectivity index (χ3n) is 7.07. The Morgan fingerprint density at radius 2 is 1.54 bits per heavy atom. The number of amides is 2. The second-order valence-electron chi connectivity index (χ2n) is 9.42. The molecule has 4 rings (SSSR count). The van der Waals surface area contributed by atoms with Gasteiger partial charge in [0.15, 0.2) is 0 Å². The number of rotatable bonds is 11. The van der Waals surface area contributed by atoms with E-state index in [1.165, 1.54) is 22.3 Å². The van der Waals surface area contributed by atoms with Crippen molar-refractivity contribution in [3.63, 3.8) is 0 Å². The third kappa shape index (κ3) is 6.21. The molecule has 0 saturated heterocycles. The van der Waals surface area contributed by atoms with E-state index in [0.29, 0.717) is 19.4 Å². The summed E-state index contributed by atoms with van der Waals surface area (Å²) >= 11 is 0. The molecule has 35 heavy (non-hydrogen) atoms. The lowest BCUT2D eigenvalue weighted by molar-refractivity contribution is -0.146. The predicted molar refractivity (Wildman–Crippen MR) is 133 cm³/mol. The number of aliphatic carboxylic acids is 1. The molecular formula is C28H34N2O5. The molecule has 2 aromatic rings. The summed E-state index contributed by atoms with van der Waals surface area (Å²) < 4.78 is 5.54. The zero-order valence-electron chi connectivity index (χ0n) is 20.1. The number of benzene rings is 2. The second kappa shape index (κ2) is 11.9. The number of carbonyl (C=O) groups is 3. The van der Waals surface area contributed by atoms with Crippen molar-refractivity contribution in [1.29, 1.82) is 0 Å². The normalized spacial score (nSPS) is 14.9. The number of hydrogen-bond donors (Lipinski definition) is 2. The van der Waals surface area contributed by atoms with Gasteiger partial charge in [0.2, 0.25) is 5.91 Å². The molecule has 0 heterocycles. The van der Waals surface area contributed by atoms with Crippen LogP contribution in [0.2, 0.25) is 0 Å². The van der Waals surface area contributed by atoms with Gasteiger partial charge in [-0.25, -0.2) is 4.79 Å². The number of carbonyl (C=O) groups excluding carboxylic acids is 2. The Morgan fingerprint density at radius 1 is 0.914 bits per heavy atom. The average molecular weight is 479 g/mol. The lowest BCUT2D eigenvalue weighted by atomic mass is 9.98. The molecule has 2 amide bonds. The molecule has 1 fully saturated rings. The number of unbranched alkanes of at least 4 members (excludes halogenated alkanes) is 2. The topological polar surface area (TPSA) is 95.9 Å². The highest BCUT2D eigenvalue weighted by Crippen LogP contribution is 2.44. The van der Waals surface area contributed by atoms with Crippen molar-refractivity contribution in [2.24, 2.45) is 0 Å². The van der Waals surface area contributed by atoms with Gasteiger partial charge in [-0.3, -0.25) is 9.59 Å². The molecule has 0 atom stereocenters. The number of hydrogen-bond acceptors (Lipinski definition) is 4. The van der Waals surface area contributed by atoms with E-state index in [0.717, 1.165) is 38.5 Å². The van der Waals surface area contributed by atoms with E-state index >= 15 is 0 Å². The highest BCUT2D eigenvalue weighted by atomic mass is 16.5.